The Labute approximate surface area is 193 Å². The van der Waals surface area contributed by atoms with Crippen molar-refractivity contribution in [2.24, 2.45) is 14.1 Å². The van der Waals surface area contributed by atoms with E-state index in [1.54, 1.807) is 23.2 Å². The molecule has 0 radical (unpaired) electrons. The molecular formula is C23H23N7O4. The van der Waals surface area contributed by atoms with Gasteiger partial charge in [-0.2, -0.15) is 0 Å². The smallest absolute Gasteiger partial charge is 0.332 e. The van der Waals surface area contributed by atoms with Crippen molar-refractivity contribution < 1.29 is 4.79 Å². The van der Waals surface area contributed by atoms with Crippen molar-refractivity contribution in [3.05, 3.63) is 85.2 Å². The zero-order valence-corrected chi connectivity index (χ0v) is 18.8. The molecule has 0 spiro atoms. The number of carbonyl (C=O) groups excluding carboxylic acids is 1. The van der Waals surface area contributed by atoms with Gasteiger partial charge in [0.05, 0.1) is 11.1 Å². The van der Waals surface area contributed by atoms with Crippen LogP contribution in [0.4, 0.5) is 0 Å². The van der Waals surface area contributed by atoms with E-state index in [4.69, 9.17) is 0 Å². The topological polar surface area (TPSA) is 115 Å². The fraction of sp³-hybridized carbons (Fsp3) is 0.304. The van der Waals surface area contributed by atoms with Crippen LogP contribution in [0.15, 0.2) is 57.0 Å². The molecule has 0 N–H and O–H groups in total. The number of amides is 1. The first kappa shape index (κ1) is 21.7. The van der Waals surface area contributed by atoms with Crippen LogP contribution in [0.2, 0.25) is 0 Å². The fourth-order valence-corrected chi connectivity index (χ4v) is 4.26. The quantitative estimate of drug-likeness (QED) is 0.408. The van der Waals surface area contributed by atoms with Crippen LogP contribution in [-0.2, 0) is 20.6 Å². The number of fused-ring (bicyclic) bond motifs is 2. The maximum atomic E-state index is 13.1. The lowest BCUT2D eigenvalue weighted by molar-refractivity contribution is 0.0621. The van der Waals surface area contributed by atoms with Crippen molar-refractivity contribution in [3.8, 4) is 0 Å². The second-order valence-electron chi connectivity index (χ2n) is 8.36. The normalized spacial score (nSPS) is 14.7. The largest absolute Gasteiger partial charge is 0.335 e. The highest BCUT2D eigenvalue weighted by Gasteiger charge is 2.24. The van der Waals surface area contributed by atoms with Crippen molar-refractivity contribution in [2.45, 2.75) is 6.54 Å². The molecule has 1 fully saturated rings. The van der Waals surface area contributed by atoms with Gasteiger partial charge in [0.25, 0.3) is 17.0 Å². The Morgan fingerprint density at radius 3 is 2.47 bits per heavy atom. The van der Waals surface area contributed by atoms with E-state index < -0.39 is 11.2 Å². The number of aromatic nitrogens is 5. The molecule has 1 aliphatic heterocycles. The summed E-state index contributed by atoms with van der Waals surface area (Å²) < 4.78 is 3.79. The van der Waals surface area contributed by atoms with E-state index in [1.165, 1.54) is 41.3 Å². The molecule has 0 aliphatic carbocycles. The highest BCUT2D eigenvalue weighted by Crippen LogP contribution is 2.12. The molecule has 5 heterocycles. The molecule has 0 aromatic carbocycles. The van der Waals surface area contributed by atoms with Gasteiger partial charge in [0.1, 0.15) is 17.0 Å². The van der Waals surface area contributed by atoms with E-state index in [0.717, 1.165) is 4.57 Å². The standard InChI is InChI=1S/C23H23N7O4/c1-26-20-16(21(32)27(2)23(26)34)6-7-17(25-20)22(33)29-11-9-28(10-12-29)14-15-13-19(31)30-8-4-3-5-18(30)24-15/h3-8,13H,9-12,14H2,1-2H3. The average Bonchev–Trinajstić information content (AvgIpc) is 2.86. The van der Waals surface area contributed by atoms with Gasteiger partial charge < -0.3 is 4.90 Å². The van der Waals surface area contributed by atoms with Gasteiger partial charge in [0.2, 0.25) is 0 Å². The summed E-state index contributed by atoms with van der Waals surface area (Å²) in [6.45, 7) is 2.73. The average molecular weight is 461 g/mol. The zero-order valence-electron chi connectivity index (χ0n) is 18.8. The van der Waals surface area contributed by atoms with Crippen molar-refractivity contribution in [1.29, 1.82) is 0 Å². The molecule has 11 nitrogen and oxygen atoms in total. The van der Waals surface area contributed by atoms with E-state index >= 15 is 0 Å². The Morgan fingerprint density at radius 2 is 1.71 bits per heavy atom. The summed E-state index contributed by atoms with van der Waals surface area (Å²) in [5.74, 6) is -0.253. The minimum absolute atomic E-state index is 0.124. The molecule has 0 saturated carbocycles. The third kappa shape index (κ3) is 3.69. The van der Waals surface area contributed by atoms with Crippen LogP contribution in [0, 0.1) is 0 Å². The minimum Gasteiger partial charge on any atom is -0.335 e. The Morgan fingerprint density at radius 1 is 0.941 bits per heavy atom. The van der Waals surface area contributed by atoms with Gasteiger partial charge in [-0.15, -0.1) is 0 Å². The summed E-state index contributed by atoms with van der Waals surface area (Å²) in [5, 5.41) is 0.282. The highest BCUT2D eigenvalue weighted by molar-refractivity contribution is 5.94. The third-order valence-corrected chi connectivity index (χ3v) is 6.19. The van der Waals surface area contributed by atoms with Crippen molar-refractivity contribution in [3.63, 3.8) is 0 Å². The molecule has 0 unspecified atom stereocenters. The minimum atomic E-state index is -0.495. The maximum absolute atomic E-state index is 13.1. The van der Waals surface area contributed by atoms with E-state index in [9.17, 15) is 19.2 Å². The van der Waals surface area contributed by atoms with E-state index in [0.29, 0.717) is 44.1 Å². The van der Waals surface area contributed by atoms with Crippen LogP contribution in [0.25, 0.3) is 16.7 Å². The van der Waals surface area contributed by atoms with Crippen molar-refractivity contribution >= 4 is 22.6 Å². The SMILES string of the molecule is Cn1c(=O)c2ccc(C(=O)N3CCN(Cc4cc(=O)n5ccccc5n4)CC3)nc2n(C)c1=O. The second kappa shape index (κ2) is 8.34. The first-order chi connectivity index (χ1) is 16.3. The first-order valence-corrected chi connectivity index (χ1v) is 10.9. The fourth-order valence-electron chi connectivity index (χ4n) is 4.26. The first-order valence-electron chi connectivity index (χ1n) is 10.9. The number of aryl methyl sites for hydroxylation is 1. The molecule has 174 valence electrons. The van der Waals surface area contributed by atoms with Crippen LogP contribution in [0.3, 0.4) is 0 Å². The lowest BCUT2D eigenvalue weighted by atomic mass is 10.2. The highest BCUT2D eigenvalue weighted by atomic mass is 16.2. The van der Waals surface area contributed by atoms with Crippen LogP contribution in [0.1, 0.15) is 16.2 Å². The summed E-state index contributed by atoms with van der Waals surface area (Å²) in [4.78, 5) is 62.7. The van der Waals surface area contributed by atoms with E-state index in [2.05, 4.69) is 14.9 Å². The Balaban J connectivity index is 1.31. The zero-order chi connectivity index (χ0) is 24.0. The number of rotatable bonds is 3. The molecule has 34 heavy (non-hydrogen) atoms. The van der Waals surface area contributed by atoms with Gasteiger partial charge in [-0.1, -0.05) is 6.07 Å². The van der Waals surface area contributed by atoms with Crippen LogP contribution >= 0.6 is 0 Å². The van der Waals surface area contributed by atoms with E-state index in [1.807, 2.05) is 6.07 Å². The summed E-state index contributed by atoms with van der Waals surface area (Å²) in [5.41, 5.74) is 0.603. The number of pyridine rings is 2. The lowest BCUT2D eigenvalue weighted by Gasteiger charge is -2.34. The summed E-state index contributed by atoms with van der Waals surface area (Å²) in [6, 6.07) is 10.0. The number of piperazine rings is 1. The number of hydrogen-bond acceptors (Lipinski definition) is 7. The second-order valence-corrected chi connectivity index (χ2v) is 8.36. The van der Waals surface area contributed by atoms with Crippen molar-refractivity contribution in [2.75, 3.05) is 26.2 Å². The summed E-state index contributed by atoms with van der Waals surface area (Å²) >= 11 is 0. The van der Waals surface area contributed by atoms with Gasteiger partial charge in [-0.25, -0.2) is 14.8 Å². The van der Waals surface area contributed by atoms with Crippen LogP contribution in [0.5, 0.6) is 0 Å². The predicted molar refractivity (Wildman–Crippen MR) is 125 cm³/mol. The number of nitrogens with zero attached hydrogens (tertiary/aromatic N) is 7. The molecular weight excluding hydrogens is 438 g/mol. The third-order valence-electron chi connectivity index (χ3n) is 6.19. The molecule has 0 bridgehead atoms. The summed E-state index contributed by atoms with van der Waals surface area (Å²) in [7, 11) is 2.93. The maximum Gasteiger partial charge on any atom is 0.332 e. The van der Waals surface area contributed by atoms with E-state index in [-0.39, 0.29) is 28.2 Å². The van der Waals surface area contributed by atoms with Gasteiger partial charge >= 0.3 is 5.69 Å². The summed E-state index contributed by atoms with van der Waals surface area (Å²) in [6.07, 6.45) is 1.69. The predicted octanol–water partition coefficient (Wildman–Crippen LogP) is -0.402. The van der Waals surface area contributed by atoms with Crippen LogP contribution in [-0.4, -0.2) is 65.4 Å². The monoisotopic (exact) mass is 461 g/mol. The van der Waals surface area contributed by atoms with Crippen LogP contribution < -0.4 is 16.8 Å². The Kier molecular flexibility index (Phi) is 5.33. The van der Waals surface area contributed by atoms with Gasteiger partial charge in [-0.3, -0.25) is 32.8 Å². The lowest BCUT2D eigenvalue weighted by Crippen LogP contribution is -2.48. The number of hydrogen-bond donors (Lipinski definition) is 0. The Bertz CT molecular complexity index is 1610. The molecule has 4 aromatic heterocycles. The van der Waals surface area contributed by atoms with Gasteiger partial charge in [0.15, 0.2) is 0 Å². The Hall–Kier alpha value is -4.12. The van der Waals surface area contributed by atoms with Gasteiger partial charge in [0, 0.05) is 59.1 Å². The molecule has 5 rings (SSSR count). The van der Waals surface area contributed by atoms with Gasteiger partial charge in [-0.05, 0) is 24.3 Å². The molecule has 1 saturated heterocycles. The molecule has 11 heteroatoms. The van der Waals surface area contributed by atoms with Crippen molar-refractivity contribution in [1.82, 2.24) is 33.3 Å². The molecule has 0 atom stereocenters. The molecule has 1 aliphatic rings. The molecule has 4 aromatic rings. The number of carbonyl (C=O) groups is 1. The molecule has 1 amide bonds.